The fraction of sp³-hybridized carbons (Fsp3) is 0.0667. The molecule has 0 aliphatic heterocycles. The zero-order valence-corrected chi connectivity index (χ0v) is 14.4. The van der Waals surface area contributed by atoms with Crippen LogP contribution in [0.3, 0.4) is 0 Å². The number of hydrogen-bond acceptors (Lipinski definition) is 6. The zero-order chi connectivity index (χ0) is 17.4. The second-order valence-corrected chi connectivity index (χ2v) is 6.99. The largest absolute Gasteiger partial charge is 0.366 e. The van der Waals surface area contributed by atoms with Crippen LogP contribution in [0.15, 0.2) is 40.9 Å². The van der Waals surface area contributed by atoms with Crippen molar-refractivity contribution >= 4 is 56.7 Å². The third-order valence-corrected chi connectivity index (χ3v) is 5.29. The quantitative estimate of drug-likeness (QED) is 0.464. The normalized spacial score (nSPS) is 11.2. The van der Waals surface area contributed by atoms with Crippen molar-refractivity contribution in [3.8, 4) is 0 Å². The highest BCUT2D eigenvalue weighted by Crippen LogP contribution is 2.25. The second kappa shape index (κ2) is 6.22. The van der Waals surface area contributed by atoms with Gasteiger partial charge in [-0.2, -0.15) is 0 Å². The summed E-state index contributed by atoms with van der Waals surface area (Å²) in [5.41, 5.74) is 7.36. The Kier molecular flexibility index (Phi) is 3.90. The number of benzene rings is 1. The molecule has 4 N–H and O–H groups in total. The minimum absolute atomic E-state index is 0.141. The van der Waals surface area contributed by atoms with E-state index in [-0.39, 0.29) is 11.7 Å². The van der Waals surface area contributed by atoms with Crippen LogP contribution in [0.1, 0.15) is 10.4 Å². The van der Waals surface area contributed by atoms with Crippen LogP contribution in [-0.2, 0) is 4.79 Å². The Morgan fingerprint density at radius 3 is 3.00 bits per heavy atom. The molecule has 2 amide bonds. The van der Waals surface area contributed by atoms with Gasteiger partial charge in [0.25, 0.3) is 5.91 Å². The number of nitrogens with zero attached hydrogens (tertiary/aromatic N) is 3. The molecular formula is C15H12N6O2S2. The highest BCUT2D eigenvalue weighted by atomic mass is 32.2. The number of imidazole rings is 1. The van der Waals surface area contributed by atoms with Gasteiger partial charge >= 0.3 is 0 Å². The molecule has 4 rings (SSSR count). The van der Waals surface area contributed by atoms with E-state index in [2.05, 4.69) is 20.5 Å². The fourth-order valence-electron chi connectivity index (χ4n) is 2.43. The predicted molar refractivity (Wildman–Crippen MR) is 97.0 cm³/mol. The maximum atomic E-state index is 12.2. The number of hydrogen-bond donors (Lipinski definition) is 3. The number of anilines is 1. The number of aromatic nitrogens is 4. The maximum Gasteiger partial charge on any atom is 0.251 e. The van der Waals surface area contributed by atoms with Crippen molar-refractivity contribution in [2.45, 2.75) is 5.16 Å². The summed E-state index contributed by atoms with van der Waals surface area (Å²) in [6.45, 7) is 0. The molecule has 10 heteroatoms. The zero-order valence-electron chi connectivity index (χ0n) is 12.7. The number of rotatable bonds is 5. The lowest BCUT2D eigenvalue weighted by Gasteiger charge is -2.03. The number of para-hydroxylation sites is 2. The number of H-pyrrole nitrogens is 1. The number of thioether (sulfide) groups is 1. The van der Waals surface area contributed by atoms with Crippen LogP contribution in [0.2, 0.25) is 0 Å². The SMILES string of the molecule is NC(=O)c1ccsc1NC(=O)CSc1n[nH]c2nc3ccccc3n12. The molecule has 0 aliphatic rings. The topological polar surface area (TPSA) is 118 Å². The van der Waals surface area contributed by atoms with Gasteiger partial charge in [0.05, 0.1) is 22.3 Å². The van der Waals surface area contributed by atoms with E-state index in [1.54, 1.807) is 11.4 Å². The van der Waals surface area contributed by atoms with E-state index in [4.69, 9.17) is 5.73 Å². The number of thiophene rings is 1. The molecule has 0 bridgehead atoms. The summed E-state index contributed by atoms with van der Waals surface area (Å²) >= 11 is 2.53. The number of primary amides is 1. The van der Waals surface area contributed by atoms with Crippen LogP contribution in [0.5, 0.6) is 0 Å². The van der Waals surface area contributed by atoms with Crippen molar-refractivity contribution in [3.05, 3.63) is 41.3 Å². The molecule has 8 nitrogen and oxygen atoms in total. The molecule has 1 aromatic carbocycles. The Balaban J connectivity index is 1.51. The number of nitrogens with two attached hydrogens (primary N) is 1. The lowest BCUT2D eigenvalue weighted by atomic mass is 10.3. The van der Waals surface area contributed by atoms with Crippen molar-refractivity contribution in [3.63, 3.8) is 0 Å². The summed E-state index contributed by atoms with van der Waals surface area (Å²) in [7, 11) is 0. The molecule has 0 saturated carbocycles. The molecule has 0 saturated heterocycles. The minimum Gasteiger partial charge on any atom is -0.366 e. The molecule has 0 spiro atoms. The van der Waals surface area contributed by atoms with Crippen molar-refractivity contribution in [1.82, 2.24) is 19.6 Å². The van der Waals surface area contributed by atoms with Crippen molar-refractivity contribution in [2.24, 2.45) is 5.73 Å². The number of amides is 2. The molecule has 0 fully saturated rings. The van der Waals surface area contributed by atoms with Crippen LogP contribution >= 0.6 is 23.1 Å². The number of carbonyl (C=O) groups is 2. The lowest BCUT2D eigenvalue weighted by Crippen LogP contribution is -2.17. The summed E-state index contributed by atoms with van der Waals surface area (Å²) in [5, 5.41) is 12.6. The third kappa shape index (κ3) is 2.85. The first kappa shape index (κ1) is 15.7. The van der Waals surface area contributed by atoms with Crippen LogP contribution < -0.4 is 11.1 Å². The molecule has 0 unspecified atom stereocenters. The van der Waals surface area contributed by atoms with Gasteiger partial charge in [-0.15, -0.1) is 16.4 Å². The van der Waals surface area contributed by atoms with Gasteiger partial charge in [-0.3, -0.25) is 14.0 Å². The molecular weight excluding hydrogens is 360 g/mol. The highest BCUT2D eigenvalue weighted by Gasteiger charge is 2.15. The first-order valence-corrected chi connectivity index (χ1v) is 9.11. The third-order valence-electron chi connectivity index (χ3n) is 3.52. The first-order valence-electron chi connectivity index (χ1n) is 7.25. The Morgan fingerprint density at radius 1 is 1.32 bits per heavy atom. The van der Waals surface area contributed by atoms with Crippen LogP contribution in [0.4, 0.5) is 5.00 Å². The fourth-order valence-corrected chi connectivity index (χ4v) is 4.00. The Hall–Kier alpha value is -2.85. The maximum absolute atomic E-state index is 12.2. The Morgan fingerprint density at radius 2 is 2.16 bits per heavy atom. The van der Waals surface area contributed by atoms with Crippen molar-refractivity contribution in [1.29, 1.82) is 0 Å². The molecule has 3 heterocycles. The summed E-state index contributed by atoms with van der Waals surface area (Å²) in [6.07, 6.45) is 0. The van der Waals surface area contributed by atoms with Gasteiger partial charge in [0, 0.05) is 0 Å². The van der Waals surface area contributed by atoms with Gasteiger partial charge in [0.2, 0.25) is 11.7 Å². The Labute approximate surface area is 149 Å². The van der Waals surface area contributed by atoms with E-state index in [1.807, 2.05) is 28.7 Å². The number of nitrogens with one attached hydrogen (secondary N) is 2. The molecule has 0 aliphatic carbocycles. The Bertz CT molecular complexity index is 1100. The van der Waals surface area contributed by atoms with Gasteiger partial charge in [0.15, 0.2) is 5.16 Å². The van der Waals surface area contributed by atoms with Crippen LogP contribution in [-0.4, -0.2) is 37.1 Å². The van der Waals surface area contributed by atoms with Crippen LogP contribution in [0, 0.1) is 0 Å². The predicted octanol–water partition coefficient (Wildman–Crippen LogP) is 2.10. The standard InChI is InChI=1S/C15H12N6O2S2/c16-12(23)8-5-6-24-13(8)18-11(22)7-25-15-20-19-14-17-9-3-1-2-4-10(9)21(14)15/h1-6H,7H2,(H2,16,23)(H,17,19)(H,18,22). The molecule has 0 radical (unpaired) electrons. The summed E-state index contributed by atoms with van der Waals surface area (Å²) in [6, 6.07) is 9.29. The molecule has 126 valence electrons. The smallest absolute Gasteiger partial charge is 0.251 e. The highest BCUT2D eigenvalue weighted by molar-refractivity contribution is 7.99. The van der Waals surface area contributed by atoms with E-state index < -0.39 is 5.91 Å². The molecule has 4 aromatic rings. The minimum atomic E-state index is -0.567. The van der Waals surface area contributed by atoms with E-state index in [0.29, 0.717) is 21.5 Å². The van der Waals surface area contributed by atoms with Gasteiger partial charge in [0.1, 0.15) is 5.00 Å². The lowest BCUT2D eigenvalue weighted by molar-refractivity contribution is -0.113. The van der Waals surface area contributed by atoms with Gasteiger partial charge in [-0.25, -0.2) is 10.1 Å². The summed E-state index contributed by atoms with van der Waals surface area (Å²) < 4.78 is 1.87. The molecule has 25 heavy (non-hydrogen) atoms. The average molecular weight is 372 g/mol. The van der Waals surface area contributed by atoms with E-state index >= 15 is 0 Å². The molecule has 0 atom stereocenters. The van der Waals surface area contributed by atoms with E-state index in [0.717, 1.165) is 11.0 Å². The summed E-state index contributed by atoms with van der Waals surface area (Å²) in [5.74, 6) is -0.0419. The number of aromatic amines is 1. The number of fused-ring (bicyclic) bond motifs is 3. The van der Waals surface area contributed by atoms with Gasteiger partial charge < -0.3 is 11.1 Å². The van der Waals surface area contributed by atoms with Crippen LogP contribution in [0.25, 0.3) is 16.8 Å². The van der Waals surface area contributed by atoms with Gasteiger partial charge in [-0.1, -0.05) is 23.9 Å². The summed E-state index contributed by atoms with van der Waals surface area (Å²) in [4.78, 5) is 27.9. The van der Waals surface area contributed by atoms with E-state index in [9.17, 15) is 9.59 Å². The molecule has 3 aromatic heterocycles. The average Bonchev–Trinajstić information content (AvgIpc) is 3.27. The van der Waals surface area contributed by atoms with Gasteiger partial charge in [-0.05, 0) is 23.6 Å². The van der Waals surface area contributed by atoms with Crippen molar-refractivity contribution < 1.29 is 9.59 Å². The number of carbonyl (C=O) groups excluding carboxylic acids is 2. The van der Waals surface area contributed by atoms with Crippen molar-refractivity contribution in [2.75, 3.05) is 11.1 Å². The van der Waals surface area contributed by atoms with E-state index in [1.165, 1.54) is 23.1 Å². The monoisotopic (exact) mass is 372 g/mol. The second-order valence-electron chi connectivity index (χ2n) is 5.13. The first-order chi connectivity index (χ1) is 12.1.